The van der Waals surface area contributed by atoms with E-state index in [-0.39, 0.29) is 17.9 Å². The SMILES string of the molecule is O=C(NC(C(=O)O)C1CC1)c1ccnn1C1CCCC1. The Morgan fingerprint density at radius 2 is 2.00 bits per heavy atom. The molecule has 2 aliphatic rings. The van der Waals surface area contributed by atoms with Gasteiger partial charge >= 0.3 is 5.97 Å². The molecule has 2 N–H and O–H groups in total. The molecule has 1 aromatic heterocycles. The van der Waals surface area contributed by atoms with Crippen molar-refractivity contribution in [2.45, 2.75) is 50.6 Å². The zero-order chi connectivity index (χ0) is 14.1. The number of carbonyl (C=O) groups is 2. The fraction of sp³-hybridized carbons (Fsp3) is 0.643. The first kappa shape index (κ1) is 13.1. The van der Waals surface area contributed by atoms with Crippen LogP contribution in [0.25, 0.3) is 0 Å². The number of aliphatic carboxylic acids is 1. The molecule has 2 saturated carbocycles. The van der Waals surface area contributed by atoms with Crippen molar-refractivity contribution >= 4 is 11.9 Å². The van der Waals surface area contributed by atoms with E-state index < -0.39 is 12.0 Å². The molecule has 0 saturated heterocycles. The van der Waals surface area contributed by atoms with Crippen molar-refractivity contribution in [1.82, 2.24) is 15.1 Å². The van der Waals surface area contributed by atoms with Crippen molar-refractivity contribution in [3.05, 3.63) is 18.0 Å². The Labute approximate surface area is 117 Å². The molecule has 1 unspecified atom stereocenters. The van der Waals surface area contributed by atoms with Crippen LogP contribution >= 0.6 is 0 Å². The molecular weight excluding hydrogens is 258 g/mol. The van der Waals surface area contributed by atoms with E-state index in [0.717, 1.165) is 38.5 Å². The van der Waals surface area contributed by atoms with E-state index >= 15 is 0 Å². The first-order chi connectivity index (χ1) is 9.66. The van der Waals surface area contributed by atoms with Gasteiger partial charge in [-0.05, 0) is 37.7 Å². The fourth-order valence-electron chi connectivity index (χ4n) is 2.96. The van der Waals surface area contributed by atoms with Gasteiger partial charge in [-0.1, -0.05) is 12.8 Å². The summed E-state index contributed by atoms with van der Waals surface area (Å²) in [6, 6.07) is 1.17. The molecule has 20 heavy (non-hydrogen) atoms. The first-order valence-corrected chi connectivity index (χ1v) is 7.24. The van der Waals surface area contributed by atoms with Gasteiger partial charge < -0.3 is 10.4 Å². The maximum atomic E-state index is 12.3. The zero-order valence-electron chi connectivity index (χ0n) is 11.3. The Kier molecular flexibility index (Phi) is 3.46. The third kappa shape index (κ3) is 2.55. The number of carboxylic acids is 1. The lowest BCUT2D eigenvalue weighted by atomic mass is 10.2. The largest absolute Gasteiger partial charge is 0.480 e. The molecule has 1 heterocycles. The predicted molar refractivity (Wildman–Crippen MR) is 71.3 cm³/mol. The van der Waals surface area contributed by atoms with Gasteiger partial charge in [0.1, 0.15) is 11.7 Å². The summed E-state index contributed by atoms with van der Waals surface area (Å²) in [5.74, 6) is -1.19. The van der Waals surface area contributed by atoms with Crippen LogP contribution in [0, 0.1) is 5.92 Å². The number of aromatic nitrogens is 2. The van der Waals surface area contributed by atoms with Crippen LogP contribution < -0.4 is 5.32 Å². The van der Waals surface area contributed by atoms with Crippen LogP contribution in [0.1, 0.15) is 55.1 Å². The molecule has 6 nitrogen and oxygen atoms in total. The molecule has 0 aromatic carbocycles. The molecule has 1 amide bonds. The molecule has 1 aromatic rings. The number of hydrogen-bond donors (Lipinski definition) is 2. The first-order valence-electron chi connectivity index (χ1n) is 7.24. The normalized spacial score (nSPS) is 20.8. The van der Waals surface area contributed by atoms with Gasteiger partial charge in [-0.25, -0.2) is 4.79 Å². The Balaban J connectivity index is 1.73. The van der Waals surface area contributed by atoms with Crippen molar-refractivity contribution in [3.63, 3.8) is 0 Å². The maximum absolute atomic E-state index is 12.3. The summed E-state index contributed by atoms with van der Waals surface area (Å²) in [7, 11) is 0. The van der Waals surface area contributed by atoms with Crippen LogP contribution in [0.2, 0.25) is 0 Å². The molecule has 0 radical (unpaired) electrons. The third-order valence-corrected chi connectivity index (χ3v) is 4.22. The van der Waals surface area contributed by atoms with Crippen LogP contribution in [0.5, 0.6) is 0 Å². The highest BCUT2D eigenvalue weighted by atomic mass is 16.4. The van der Waals surface area contributed by atoms with Gasteiger partial charge in [0.2, 0.25) is 0 Å². The molecule has 1 atom stereocenters. The predicted octanol–water partition coefficient (Wildman–Crippen LogP) is 1.59. The average molecular weight is 277 g/mol. The van der Waals surface area contributed by atoms with Gasteiger partial charge in [-0.15, -0.1) is 0 Å². The number of nitrogens with zero attached hydrogens (tertiary/aromatic N) is 2. The maximum Gasteiger partial charge on any atom is 0.326 e. The molecule has 108 valence electrons. The summed E-state index contributed by atoms with van der Waals surface area (Å²) < 4.78 is 1.76. The van der Waals surface area contributed by atoms with Crippen molar-refractivity contribution in [2.24, 2.45) is 5.92 Å². The molecule has 2 fully saturated rings. The van der Waals surface area contributed by atoms with Crippen molar-refractivity contribution in [2.75, 3.05) is 0 Å². The summed E-state index contributed by atoms with van der Waals surface area (Å²) in [5.41, 5.74) is 0.476. The summed E-state index contributed by atoms with van der Waals surface area (Å²) in [4.78, 5) is 23.5. The van der Waals surface area contributed by atoms with Gasteiger partial charge in [0, 0.05) is 6.20 Å². The van der Waals surface area contributed by atoms with E-state index in [1.54, 1.807) is 16.9 Å². The number of carbonyl (C=O) groups excluding carboxylic acids is 1. The second kappa shape index (κ2) is 5.26. The quantitative estimate of drug-likeness (QED) is 0.856. The van der Waals surface area contributed by atoms with E-state index in [4.69, 9.17) is 0 Å². The smallest absolute Gasteiger partial charge is 0.326 e. The second-order valence-electron chi connectivity index (χ2n) is 5.73. The lowest BCUT2D eigenvalue weighted by Gasteiger charge is -2.17. The Morgan fingerprint density at radius 1 is 1.30 bits per heavy atom. The van der Waals surface area contributed by atoms with Crippen LogP contribution in [0.4, 0.5) is 0 Å². The van der Waals surface area contributed by atoms with Gasteiger partial charge in [0.05, 0.1) is 6.04 Å². The third-order valence-electron chi connectivity index (χ3n) is 4.22. The van der Waals surface area contributed by atoms with Crippen LogP contribution in [0.15, 0.2) is 12.3 Å². The van der Waals surface area contributed by atoms with Gasteiger partial charge in [0.25, 0.3) is 5.91 Å². The van der Waals surface area contributed by atoms with Crippen LogP contribution in [-0.2, 0) is 4.79 Å². The number of nitrogens with one attached hydrogen (secondary N) is 1. The number of hydrogen-bond acceptors (Lipinski definition) is 3. The minimum atomic E-state index is -0.951. The molecule has 0 bridgehead atoms. The highest BCUT2D eigenvalue weighted by Crippen LogP contribution is 2.33. The topological polar surface area (TPSA) is 84.2 Å². The summed E-state index contributed by atoms with van der Waals surface area (Å²) in [5, 5.41) is 16.1. The van der Waals surface area contributed by atoms with Crippen molar-refractivity contribution in [3.8, 4) is 0 Å². The van der Waals surface area contributed by atoms with Crippen molar-refractivity contribution < 1.29 is 14.7 Å². The number of carboxylic acid groups (broad SMARTS) is 1. The average Bonchev–Trinajstić information content (AvgIpc) is 2.94. The van der Waals surface area contributed by atoms with E-state index in [2.05, 4.69) is 10.4 Å². The van der Waals surface area contributed by atoms with Gasteiger partial charge in [-0.2, -0.15) is 5.10 Å². The number of amides is 1. The highest BCUT2D eigenvalue weighted by Gasteiger charge is 2.38. The minimum Gasteiger partial charge on any atom is -0.480 e. The lowest BCUT2D eigenvalue weighted by Crippen LogP contribution is -2.43. The molecule has 2 aliphatic carbocycles. The van der Waals surface area contributed by atoms with Crippen molar-refractivity contribution in [1.29, 1.82) is 0 Å². The molecular formula is C14H19N3O3. The molecule has 0 aliphatic heterocycles. The van der Waals surface area contributed by atoms with E-state index in [1.165, 1.54) is 0 Å². The molecule has 3 rings (SSSR count). The summed E-state index contributed by atoms with van der Waals surface area (Å²) >= 11 is 0. The van der Waals surface area contributed by atoms with Crippen LogP contribution in [0.3, 0.4) is 0 Å². The summed E-state index contributed by atoms with van der Waals surface area (Å²) in [6.07, 6.45) is 7.75. The lowest BCUT2D eigenvalue weighted by molar-refractivity contribution is -0.139. The monoisotopic (exact) mass is 277 g/mol. The van der Waals surface area contributed by atoms with Crippen LogP contribution in [-0.4, -0.2) is 32.8 Å². The number of rotatable bonds is 5. The Morgan fingerprint density at radius 3 is 2.60 bits per heavy atom. The Hall–Kier alpha value is -1.85. The second-order valence-corrected chi connectivity index (χ2v) is 5.73. The van der Waals surface area contributed by atoms with E-state index in [1.807, 2.05) is 0 Å². The van der Waals surface area contributed by atoms with E-state index in [0.29, 0.717) is 5.69 Å². The van der Waals surface area contributed by atoms with Gasteiger partial charge in [-0.3, -0.25) is 9.48 Å². The van der Waals surface area contributed by atoms with Gasteiger partial charge in [0.15, 0.2) is 0 Å². The molecule has 6 heteroatoms. The summed E-state index contributed by atoms with van der Waals surface area (Å²) in [6.45, 7) is 0. The zero-order valence-corrected chi connectivity index (χ0v) is 11.3. The molecule has 0 spiro atoms. The standard InChI is InChI=1S/C14H19N3O3/c18-13(16-12(14(19)20)9-5-6-9)11-7-8-15-17(11)10-3-1-2-4-10/h7-10,12H,1-6H2,(H,16,18)(H,19,20). The fourth-order valence-corrected chi connectivity index (χ4v) is 2.96. The minimum absolute atomic E-state index is 0.0827. The van der Waals surface area contributed by atoms with E-state index in [9.17, 15) is 14.7 Å². The highest BCUT2D eigenvalue weighted by molar-refractivity contribution is 5.95. The Bertz CT molecular complexity index is 515.